The third kappa shape index (κ3) is 3.38. The fraction of sp³-hybridized carbons (Fsp3) is 0.625. The van der Waals surface area contributed by atoms with Gasteiger partial charge in [-0.05, 0) is 60.8 Å². The predicted molar refractivity (Wildman–Crippen MR) is 87.3 cm³/mol. The van der Waals surface area contributed by atoms with Gasteiger partial charge in [0.2, 0.25) is 0 Å². The molecule has 112 valence electrons. The number of likely N-dealkylation sites (tertiary alicyclic amines) is 1. The second kappa shape index (κ2) is 6.76. The number of rotatable bonds is 2. The van der Waals surface area contributed by atoms with Crippen LogP contribution in [0.3, 0.4) is 0 Å². The molecule has 0 atom stereocenters. The summed E-state index contributed by atoms with van der Waals surface area (Å²) >= 11 is 3.38. The van der Waals surface area contributed by atoms with Crippen LogP contribution in [0.2, 0.25) is 0 Å². The molecular formula is C16H21BrN4. The lowest BCUT2D eigenvalue weighted by Gasteiger charge is -2.40. The summed E-state index contributed by atoms with van der Waals surface area (Å²) in [6, 6.07) is 4.85. The van der Waals surface area contributed by atoms with Crippen LogP contribution < -0.4 is 4.90 Å². The fourth-order valence-corrected chi connectivity index (χ4v) is 3.82. The van der Waals surface area contributed by atoms with Crippen molar-refractivity contribution in [2.75, 3.05) is 31.1 Å². The minimum atomic E-state index is 0.667. The number of aromatic nitrogens is 1. The smallest absolute Gasteiger partial charge is 0.146 e. The summed E-state index contributed by atoms with van der Waals surface area (Å²) in [6.07, 6.45) is 8.25. The number of halogens is 1. The van der Waals surface area contributed by atoms with E-state index in [0.717, 1.165) is 29.4 Å². The second-order valence-electron chi connectivity index (χ2n) is 5.95. The maximum Gasteiger partial charge on any atom is 0.146 e. The highest BCUT2D eigenvalue weighted by Gasteiger charge is 2.26. The van der Waals surface area contributed by atoms with E-state index in [1.807, 2.05) is 6.07 Å². The van der Waals surface area contributed by atoms with Crippen molar-refractivity contribution in [3.8, 4) is 6.07 Å². The first kappa shape index (κ1) is 14.8. The number of anilines is 1. The van der Waals surface area contributed by atoms with Crippen LogP contribution in [-0.4, -0.2) is 42.1 Å². The van der Waals surface area contributed by atoms with Crippen molar-refractivity contribution in [3.05, 3.63) is 22.3 Å². The first-order chi connectivity index (χ1) is 10.3. The SMILES string of the molecule is N#Cc1cc(Br)cnc1N1CCC(N2CCCCC2)CC1. The van der Waals surface area contributed by atoms with Gasteiger partial charge < -0.3 is 9.80 Å². The third-order valence-electron chi connectivity index (χ3n) is 4.62. The number of hydrogen-bond donors (Lipinski definition) is 0. The van der Waals surface area contributed by atoms with Crippen LogP contribution >= 0.6 is 15.9 Å². The van der Waals surface area contributed by atoms with Gasteiger partial charge >= 0.3 is 0 Å². The van der Waals surface area contributed by atoms with Crippen molar-refractivity contribution in [2.24, 2.45) is 0 Å². The summed E-state index contributed by atoms with van der Waals surface area (Å²) in [6.45, 7) is 4.55. The van der Waals surface area contributed by atoms with E-state index in [9.17, 15) is 5.26 Å². The molecule has 3 heterocycles. The molecule has 3 rings (SSSR count). The van der Waals surface area contributed by atoms with E-state index in [-0.39, 0.29) is 0 Å². The van der Waals surface area contributed by atoms with E-state index in [2.05, 4.69) is 36.8 Å². The van der Waals surface area contributed by atoms with Crippen LogP contribution in [0.4, 0.5) is 5.82 Å². The lowest BCUT2D eigenvalue weighted by molar-refractivity contribution is 0.141. The molecule has 0 aliphatic carbocycles. The molecule has 1 aromatic rings. The summed E-state index contributed by atoms with van der Waals surface area (Å²) in [7, 11) is 0. The first-order valence-corrected chi connectivity index (χ1v) is 8.62. The Kier molecular flexibility index (Phi) is 4.77. The van der Waals surface area contributed by atoms with Crippen molar-refractivity contribution in [1.29, 1.82) is 5.26 Å². The highest BCUT2D eigenvalue weighted by atomic mass is 79.9. The number of hydrogen-bond acceptors (Lipinski definition) is 4. The molecule has 0 spiro atoms. The van der Waals surface area contributed by atoms with Gasteiger partial charge in [0.05, 0.1) is 5.56 Å². The monoisotopic (exact) mass is 348 g/mol. The molecule has 0 radical (unpaired) electrons. The average molecular weight is 349 g/mol. The zero-order valence-corrected chi connectivity index (χ0v) is 13.8. The van der Waals surface area contributed by atoms with Gasteiger partial charge in [0, 0.05) is 29.8 Å². The standard InChI is InChI=1S/C16H21BrN4/c17-14-10-13(11-18)16(19-12-14)21-8-4-15(5-9-21)20-6-2-1-3-7-20/h10,12,15H,1-9H2. The molecule has 2 aliphatic rings. The minimum absolute atomic E-state index is 0.667. The van der Waals surface area contributed by atoms with Gasteiger partial charge in [-0.25, -0.2) is 4.98 Å². The predicted octanol–water partition coefficient (Wildman–Crippen LogP) is 3.17. The molecule has 0 N–H and O–H groups in total. The van der Waals surface area contributed by atoms with E-state index < -0.39 is 0 Å². The van der Waals surface area contributed by atoms with Gasteiger partial charge in [0.1, 0.15) is 11.9 Å². The highest BCUT2D eigenvalue weighted by molar-refractivity contribution is 9.10. The van der Waals surface area contributed by atoms with Gasteiger partial charge in [-0.3, -0.25) is 0 Å². The molecule has 2 aliphatic heterocycles. The minimum Gasteiger partial charge on any atom is -0.355 e. The lowest BCUT2D eigenvalue weighted by atomic mass is 9.99. The maximum absolute atomic E-state index is 9.28. The highest BCUT2D eigenvalue weighted by Crippen LogP contribution is 2.26. The van der Waals surface area contributed by atoms with E-state index in [1.54, 1.807) is 6.20 Å². The molecule has 0 saturated carbocycles. The van der Waals surface area contributed by atoms with E-state index in [4.69, 9.17) is 0 Å². The molecule has 5 heteroatoms. The number of nitriles is 1. The van der Waals surface area contributed by atoms with Gasteiger partial charge in [0.15, 0.2) is 0 Å². The van der Waals surface area contributed by atoms with Crippen LogP contribution in [0.25, 0.3) is 0 Å². The number of piperidine rings is 2. The van der Waals surface area contributed by atoms with Crippen molar-refractivity contribution in [2.45, 2.75) is 38.1 Å². The topological polar surface area (TPSA) is 43.2 Å². The van der Waals surface area contributed by atoms with Crippen molar-refractivity contribution < 1.29 is 0 Å². The first-order valence-electron chi connectivity index (χ1n) is 7.82. The maximum atomic E-state index is 9.28. The van der Waals surface area contributed by atoms with Crippen molar-refractivity contribution in [1.82, 2.24) is 9.88 Å². The molecule has 0 amide bonds. The Morgan fingerprint density at radius 3 is 2.52 bits per heavy atom. The molecule has 2 saturated heterocycles. The Morgan fingerprint density at radius 1 is 1.14 bits per heavy atom. The molecule has 2 fully saturated rings. The Balaban J connectivity index is 1.64. The summed E-state index contributed by atoms with van der Waals surface area (Å²) in [5, 5.41) is 9.28. The van der Waals surface area contributed by atoms with Gasteiger partial charge in [-0.2, -0.15) is 5.26 Å². The van der Waals surface area contributed by atoms with Crippen LogP contribution in [0.15, 0.2) is 16.7 Å². The van der Waals surface area contributed by atoms with Crippen LogP contribution in [0, 0.1) is 11.3 Å². The van der Waals surface area contributed by atoms with Crippen molar-refractivity contribution in [3.63, 3.8) is 0 Å². The van der Waals surface area contributed by atoms with Crippen LogP contribution in [0.5, 0.6) is 0 Å². The number of nitrogens with zero attached hydrogens (tertiary/aromatic N) is 4. The van der Waals surface area contributed by atoms with Gasteiger partial charge in [-0.15, -0.1) is 0 Å². The fourth-order valence-electron chi connectivity index (χ4n) is 3.49. The average Bonchev–Trinajstić information content (AvgIpc) is 2.56. The van der Waals surface area contributed by atoms with E-state index in [0.29, 0.717) is 5.56 Å². The third-order valence-corrected chi connectivity index (χ3v) is 5.06. The largest absolute Gasteiger partial charge is 0.355 e. The van der Waals surface area contributed by atoms with E-state index in [1.165, 1.54) is 45.2 Å². The van der Waals surface area contributed by atoms with Gasteiger partial charge in [-0.1, -0.05) is 6.42 Å². The van der Waals surface area contributed by atoms with Crippen molar-refractivity contribution >= 4 is 21.7 Å². The normalized spacial score (nSPS) is 21.2. The van der Waals surface area contributed by atoms with Crippen LogP contribution in [-0.2, 0) is 0 Å². The van der Waals surface area contributed by atoms with E-state index >= 15 is 0 Å². The molecular weight excluding hydrogens is 328 g/mol. The summed E-state index contributed by atoms with van der Waals surface area (Å²) < 4.78 is 0.867. The summed E-state index contributed by atoms with van der Waals surface area (Å²) in [5.74, 6) is 0.845. The van der Waals surface area contributed by atoms with Gasteiger partial charge in [0.25, 0.3) is 0 Å². The Morgan fingerprint density at radius 2 is 1.86 bits per heavy atom. The summed E-state index contributed by atoms with van der Waals surface area (Å²) in [5.41, 5.74) is 0.667. The lowest BCUT2D eigenvalue weighted by Crippen LogP contribution is -2.47. The quantitative estimate of drug-likeness (QED) is 0.823. The molecule has 0 unspecified atom stereocenters. The Labute approximate surface area is 134 Å². The number of pyridine rings is 1. The second-order valence-corrected chi connectivity index (χ2v) is 6.87. The molecule has 0 aromatic carbocycles. The molecule has 0 bridgehead atoms. The molecule has 4 nitrogen and oxygen atoms in total. The zero-order chi connectivity index (χ0) is 14.7. The zero-order valence-electron chi connectivity index (χ0n) is 12.3. The molecule has 1 aromatic heterocycles. The van der Waals surface area contributed by atoms with Crippen LogP contribution in [0.1, 0.15) is 37.7 Å². The Bertz CT molecular complexity index is 526. The summed E-state index contributed by atoms with van der Waals surface area (Å²) in [4.78, 5) is 9.39. The Hall–Kier alpha value is -1.12. The molecule has 21 heavy (non-hydrogen) atoms.